The molecular weight excluding hydrogens is 366 g/mol. The van der Waals surface area contributed by atoms with Crippen LogP contribution in [0.5, 0.6) is 11.5 Å². The molecule has 0 radical (unpaired) electrons. The van der Waals surface area contributed by atoms with Gasteiger partial charge < -0.3 is 14.8 Å². The van der Waals surface area contributed by atoms with Crippen LogP contribution in [0.4, 0.5) is 10.3 Å². The first-order valence-electron chi connectivity index (χ1n) is 7.02. The molecular formula is C16H12ClN3O2S2. The van der Waals surface area contributed by atoms with Crippen LogP contribution >= 0.6 is 34.3 Å². The molecule has 4 aromatic rings. The van der Waals surface area contributed by atoms with Crippen LogP contribution in [0.15, 0.2) is 30.3 Å². The van der Waals surface area contributed by atoms with Crippen LogP contribution in [-0.4, -0.2) is 24.2 Å². The van der Waals surface area contributed by atoms with Crippen LogP contribution in [0, 0.1) is 0 Å². The second-order valence-electron chi connectivity index (χ2n) is 4.95. The average molecular weight is 378 g/mol. The zero-order valence-electron chi connectivity index (χ0n) is 12.8. The third kappa shape index (κ3) is 2.75. The Kier molecular flexibility index (Phi) is 3.91. The Labute approximate surface area is 150 Å². The fourth-order valence-corrected chi connectivity index (χ4v) is 4.46. The molecule has 4 rings (SSSR count). The molecule has 5 nitrogen and oxygen atoms in total. The number of rotatable bonds is 4. The Morgan fingerprint density at radius 3 is 2.54 bits per heavy atom. The number of benzene rings is 2. The van der Waals surface area contributed by atoms with Crippen LogP contribution in [0.1, 0.15) is 0 Å². The lowest BCUT2D eigenvalue weighted by Crippen LogP contribution is -1.89. The van der Waals surface area contributed by atoms with E-state index >= 15 is 0 Å². The van der Waals surface area contributed by atoms with Crippen molar-refractivity contribution in [3.8, 4) is 11.5 Å². The summed E-state index contributed by atoms with van der Waals surface area (Å²) in [7, 11) is 3.25. The summed E-state index contributed by atoms with van der Waals surface area (Å²) in [5.41, 5.74) is 1.71. The number of halogens is 1. The summed E-state index contributed by atoms with van der Waals surface area (Å²) >= 11 is 9.09. The zero-order valence-corrected chi connectivity index (χ0v) is 15.2. The van der Waals surface area contributed by atoms with Crippen LogP contribution in [-0.2, 0) is 0 Å². The van der Waals surface area contributed by atoms with E-state index in [1.807, 2.05) is 30.3 Å². The molecule has 0 saturated heterocycles. The van der Waals surface area contributed by atoms with Crippen molar-refractivity contribution in [2.24, 2.45) is 0 Å². The molecule has 0 saturated carbocycles. The highest BCUT2D eigenvalue weighted by Crippen LogP contribution is 2.38. The summed E-state index contributed by atoms with van der Waals surface area (Å²) in [5.74, 6) is 1.42. The lowest BCUT2D eigenvalue weighted by atomic mass is 10.3. The number of anilines is 2. The number of aromatic nitrogens is 2. The van der Waals surface area contributed by atoms with Crippen molar-refractivity contribution in [1.82, 2.24) is 9.97 Å². The van der Waals surface area contributed by atoms with Crippen LogP contribution < -0.4 is 14.8 Å². The highest BCUT2D eigenvalue weighted by molar-refractivity contribution is 7.24. The number of hydrogen-bond acceptors (Lipinski definition) is 7. The van der Waals surface area contributed by atoms with Crippen molar-refractivity contribution in [2.45, 2.75) is 0 Å². The molecule has 2 aromatic carbocycles. The van der Waals surface area contributed by atoms with Crippen molar-refractivity contribution in [3.63, 3.8) is 0 Å². The van der Waals surface area contributed by atoms with Gasteiger partial charge in [0.1, 0.15) is 17.0 Å². The van der Waals surface area contributed by atoms with E-state index in [2.05, 4.69) is 15.3 Å². The van der Waals surface area contributed by atoms with E-state index in [0.29, 0.717) is 10.8 Å². The van der Waals surface area contributed by atoms with Crippen molar-refractivity contribution >= 4 is 65.0 Å². The molecule has 8 heteroatoms. The number of thiazole rings is 2. The number of ether oxygens (including phenoxy) is 2. The summed E-state index contributed by atoms with van der Waals surface area (Å²) in [6.45, 7) is 0. The van der Waals surface area contributed by atoms with Crippen LogP contribution in [0.25, 0.3) is 20.4 Å². The smallest absolute Gasteiger partial charge is 0.190 e. The maximum Gasteiger partial charge on any atom is 0.190 e. The minimum Gasteiger partial charge on any atom is -0.497 e. The molecule has 0 aliphatic rings. The molecule has 122 valence electrons. The number of nitrogens with zero attached hydrogens (tertiary/aromatic N) is 2. The van der Waals surface area contributed by atoms with Crippen molar-refractivity contribution in [3.05, 3.63) is 35.4 Å². The molecule has 2 heterocycles. The van der Waals surface area contributed by atoms with Gasteiger partial charge in [-0.15, -0.1) is 0 Å². The maximum atomic E-state index is 6.03. The summed E-state index contributed by atoms with van der Waals surface area (Å²) < 4.78 is 12.7. The molecule has 2 aromatic heterocycles. The lowest BCUT2D eigenvalue weighted by molar-refractivity contribution is 0.397. The minimum atomic E-state index is 0.685. The second-order valence-corrected chi connectivity index (χ2v) is 7.45. The molecule has 0 fully saturated rings. The standard InChI is InChI=1S/C16H12ClN3O2S2/c1-21-9-6-11(22-2)14-13(7-9)24-16(19-14)20-15-18-10-4-3-8(17)5-12(10)23-15/h3-7H,1-2H3,(H,18,19,20). The minimum absolute atomic E-state index is 0.685. The maximum absolute atomic E-state index is 6.03. The second kappa shape index (κ2) is 6.08. The quantitative estimate of drug-likeness (QED) is 0.521. The van der Waals surface area contributed by atoms with Crippen LogP contribution in [0.3, 0.4) is 0 Å². The van der Waals surface area contributed by atoms with E-state index in [1.165, 1.54) is 22.7 Å². The highest BCUT2D eigenvalue weighted by Gasteiger charge is 2.13. The van der Waals surface area contributed by atoms with E-state index in [9.17, 15) is 0 Å². The normalized spacial score (nSPS) is 11.1. The van der Waals surface area contributed by atoms with Crippen molar-refractivity contribution < 1.29 is 9.47 Å². The third-order valence-electron chi connectivity index (χ3n) is 3.45. The topological polar surface area (TPSA) is 56.3 Å². The van der Waals surface area contributed by atoms with Gasteiger partial charge in [0.15, 0.2) is 10.3 Å². The summed E-state index contributed by atoms with van der Waals surface area (Å²) in [6.07, 6.45) is 0. The number of fused-ring (bicyclic) bond motifs is 2. The van der Waals surface area contributed by atoms with Gasteiger partial charge in [0.25, 0.3) is 0 Å². The van der Waals surface area contributed by atoms with Gasteiger partial charge in [-0.05, 0) is 24.3 Å². The summed E-state index contributed by atoms with van der Waals surface area (Å²) in [4.78, 5) is 9.16. The van der Waals surface area contributed by atoms with Gasteiger partial charge in [-0.3, -0.25) is 0 Å². The van der Waals surface area contributed by atoms with Gasteiger partial charge in [0, 0.05) is 11.1 Å². The van der Waals surface area contributed by atoms with Crippen molar-refractivity contribution in [2.75, 3.05) is 19.5 Å². The predicted molar refractivity (Wildman–Crippen MR) is 101 cm³/mol. The summed E-state index contributed by atoms with van der Waals surface area (Å²) in [5, 5.41) is 5.50. The number of methoxy groups -OCH3 is 2. The average Bonchev–Trinajstić information content (AvgIpc) is 3.16. The summed E-state index contributed by atoms with van der Waals surface area (Å²) in [6, 6.07) is 9.42. The van der Waals surface area contributed by atoms with E-state index < -0.39 is 0 Å². The Bertz CT molecular complexity index is 1040. The number of nitrogens with one attached hydrogen (secondary N) is 1. The predicted octanol–water partition coefficient (Wildman–Crippen LogP) is 5.32. The monoisotopic (exact) mass is 377 g/mol. The Hall–Kier alpha value is -2.09. The van der Waals surface area contributed by atoms with Crippen molar-refractivity contribution in [1.29, 1.82) is 0 Å². The molecule has 24 heavy (non-hydrogen) atoms. The van der Waals surface area contributed by atoms with Gasteiger partial charge in [0.2, 0.25) is 0 Å². The Balaban J connectivity index is 1.73. The molecule has 0 aliphatic heterocycles. The van der Waals surface area contributed by atoms with E-state index in [0.717, 1.165) is 36.4 Å². The van der Waals surface area contributed by atoms with E-state index in [1.54, 1.807) is 14.2 Å². The largest absolute Gasteiger partial charge is 0.497 e. The fourth-order valence-electron chi connectivity index (χ4n) is 2.35. The first kappa shape index (κ1) is 15.4. The molecule has 0 amide bonds. The highest BCUT2D eigenvalue weighted by atomic mass is 35.5. The number of hydrogen-bond donors (Lipinski definition) is 1. The van der Waals surface area contributed by atoms with Gasteiger partial charge >= 0.3 is 0 Å². The molecule has 0 aliphatic carbocycles. The lowest BCUT2D eigenvalue weighted by Gasteiger charge is -2.03. The Morgan fingerprint density at radius 1 is 0.958 bits per heavy atom. The third-order valence-corrected chi connectivity index (χ3v) is 5.54. The van der Waals surface area contributed by atoms with Gasteiger partial charge in [-0.1, -0.05) is 34.3 Å². The molecule has 1 N–H and O–H groups in total. The Morgan fingerprint density at radius 2 is 1.75 bits per heavy atom. The van der Waals surface area contributed by atoms with E-state index in [-0.39, 0.29) is 0 Å². The van der Waals surface area contributed by atoms with Gasteiger partial charge in [-0.25, -0.2) is 9.97 Å². The van der Waals surface area contributed by atoms with Gasteiger partial charge in [0.05, 0.1) is 29.1 Å². The fraction of sp³-hybridized carbons (Fsp3) is 0.125. The van der Waals surface area contributed by atoms with Crippen LogP contribution in [0.2, 0.25) is 5.02 Å². The first-order chi connectivity index (χ1) is 11.7. The molecule has 0 spiro atoms. The SMILES string of the molecule is COc1cc(OC)c2nc(Nc3nc4ccc(Cl)cc4s3)sc2c1. The first-order valence-corrected chi connectivity index (χ1v) is 9.03. The molecule has 0 bridgehead atoms. The molecule has 0 atom stereocenters. The molecule has 0 unspecified atom stereocenters. The zero-order chi connectivity index (χ0) is 16.7. The van der Waals surface area contributed by atoms with E-state index in [4.69, 9.17) is 21.1 Å². The van der Waals surface area contributed by atoms with Gasteiger partial charge in [-0.2, -0.15) is 0 Å².